The highest BCUT2D eigenvalue weighted by Gasteiger charge is 2.76. The molecule has 8 heteroatoms. The van der Waals surface area contributed by atoms with Crippen molar-refractivity contribution in [2.24, 2.45) is 11.8 Å². The summed E-state index contributed by atoms with van der Waals surface area (Å²) in [4.78, 5) is 41.8. The number of hydrogen-bond donors (Lipinski definition) is 1. The van der Waals surface area contributed by atoms with Crippen molar-refractivity contribution in [3.8, 4) is 0 Å². The van der Waals surface area contributed by atoms with Crippen molar-refractivity contribution >= 4 is 39.4 Å². The lowest BCUT2D eigenvalue weighted by molar-refractivity contribution is -0.146. The first-order valence-corrected chi connectivity index (χ1v) is 10.7. The summed E-state index contributed by atoms with van der Waals surface area (Å²) in [6.07, 6.45) is 5.51. The minimum absolute atomic E-state index is 0.129. The Morgan fingerprint density at radius 3 is 2.76 bits per heavy atom. The average molecular weight is 459 g/mol. The van der Waals surface area contributed by atoms with Gasteiger partial charge in [-0.15, -0.1) is 0 Å². The lowest BCUT2D eigenvalue weighted by Crippen LogP contribution is -2.51. The lowest BCUT2D eigenvalue weighted by Gasteiger charge is -2.44. The minimum Gasteiger partial charge on any atom is -0.481 e. The molecule has 5 heterocycles. The van der Waals surface area contributed by atoms with Crippen LogP contribution in [0.4, 0.5) is 5.69 Å². The highest BCUT2D eigenvalue weighted by molar-refractivity contribution is 9.10. The number of rotatable bonds is 2. The van der Waals surface area contributed by atoms with E-state index in [0.29, 0.717) is 19.4 Å². The van der Waals surface area contributed by atoms with E-state index < -0.39 is 27.9 Å². The standard InChI is InChI=1S/C21H19BrN2O5/c22-21-8-7-20(29-21)14-10-13(23-9-3-6-15(23)25)11-4-1-2-5-12(11)24(14)18(26)16(20)17(21)19(27)28/h1-2,4-5,7-8,13-14,16-17H,3,6,9-10H2,(H,27,28)/t13-,14-,16+,17-,20-,21-/m0/s1. The molecule has 0 aromatic heterocycles. The van der Waals surface area contributed by atoms with Crippen LogP contribution in [0, 0.1) is 11.8 Å². The summed E-state index contributed by atoms with van der Waals surface area (Å²) in [6.45, 7) is 0.700. The molecule has 1 N–H and O–H groups in total. The number of carbonyl (C=O) groups is 3. The fourth-order valence-electron chi connectivity index (χ4n) is 6.14. The number of carboxylic acid groups (broad SMARTS) is 1. The normalized spacial score (nSPS) is 41.7. The average Bonchev–Trinajstić information content (AvgIpc) is 3.39. The second-order valence-corrected chi connectivity index (χ2v) is 9.74. The maximum absolute atomic E-state index is 13.6. The van der Waals surface area contributed by atoms with Crippen LogP contribution in [0.25, 0.3) is 0 Å². The smallest absolute Gasteiger partial charge is 0.311 e. The number of carbonyl (C=O) groups excluding carboxylic acids is 2. The second-order valence-electron chi connectivity index (χ2n) is 8.51. The van der Waals surface area contributed by atoms with Gasteiger partial charge in [-0.1, -0.05) is 24.3 Å². The molecule has 5 aliphatic heterocycles. The molecule has 0 aliphatic carbocycles. The van der Waals surface area contributed by atoms with Crippen LogP contribution in [0.3, 0.4) is 0 Å². The third kappa shape index (κ3) is 1.99. The summed E-state index contributed by atoms with van der Waals surface area (Å²) in [7, 11) is 0. The first-order valence-electron chi connectivity index (χ1n) is 9.91. The molecule has 2 amide bonds. The van der Waals surface area contributed by atoms with E-state index in [9.17, 15) is 19.5 Å². The molecule has 2 bridgehead atoms. The molecule has 1 aromatic rings. The third-order valence-corrected chi connectivity index (χ3v) is 8.16. The first kappa shape index (κ1) is 17.7. The van der Waals surface area contributed by atoms with Crippen LogP contribution in [-0.4, -0.2) is 50.5 Å². The van der Waals surface area contributed by atoms with Gasteiger partial charge in [-0.25, -0.2) is 0 Å². The Labute approximate surface area is 175 Å². The Kier molecular flexibility index (Phi) is 3.34. The molecule has 6 atom stereocenters. The van der Waals surface area contributed by atoms with Gasteiger partial charge < -0.3 is 19.6 Å². The summed E-state index contributed by atoms with van der Waals surface area (Å²) < 4.78 is 5.13. The number of anilines is 1. The number of amides is 2. The predicted octanol–water partition coefficient (Wildman–Crippen LogP) is 2.22. The van der Waals surface area contributed by atoms with Crippen molar-refractivity contribution in [1.82, 2.24) is 4.90 Å². The Balaban J connectivity index is 1.52. The Morgan fingerprint density at radius 2 is 2.03 bits per heavy atom. The fourth-order valence-corrected chi connectivity index (χ4v) is 7.01. The first-order chi connectivity index (χ1) is 13.9. The zero-order valence-corrected chi connectivity index (χ0v) is 17.0. The van der Waals surface area contributed by atoms with Gasteiger partial charge in [0.15, 0.2) is 4.51 Å². The summed E-state index contributed by atoms with van der Waals surface area (Å²) in [5, 5.41) is 9.88. The molecule has 0 unspecified atom stereocenters. The molecule has 0 radical (unpaired) electrons. The van der Waals surface area contributed by atoms with Crippen molar-refractivity contribution in [3.05, 3.63) is 42.0 Å². The SMILES string of the molecule is O=C(O)[C@@H]1[C@@H]2C(=O)N3c4ccccc4[C@@H](N4CCCC4=O)C[C@H]3[C@@]23C=C[C@]1(Br)O3. The zero-order chi connectivity index (χ0) is 20.1. The van der Waals surface area contributed by atoms with Crippen LogP contribution >= 0.6 is 15.9 Å². The molecule has 150 valence electrons. The largest absolute Gasteiger partial charge is 0.481 e. The third-order valence-electron chi connectivity index (χ3n) is 7.24. The van der Waals surface area contributed by atoms with Gasteiger partial charge in [0.25, 0.3) is 0 Å². The summed E-state index contributed by atoms with van der Waals surface area (Å²) in [5.74, 6) is -2.93. The molecule has 7 nitrogen and oxygen atoms in total. The summed E-state index contributed by atoms with van der Waals surface area (Å²) in [6, 6.07) is 7.15. The molecule has 3 saturated heterocycles. The number of hydrogen-bond acceptors (Lipinski definition) is 4. The molecule has 0 saturated carbocycles. The van der Waals surface area contributed by atoms with E-state index in [-0.39, 0.29) is 23.9 Å². The number of aliphatic carboxylic acids is 1. The number of likely N-dealkylation sites (tertiary alicyclic amines) is 1. The number of halogens is 1. The van der Waals surface area contributed by atoms with Gasteiger partial charge in [0.05, 0.1) is 18.0 Å². The summed E-state index contributed by atoms with van der Waals surface area (Å²) >= 11 is 3.45. The number of benzene rings is 1. The number of fused-ring (bicyclic) bond motifs is 4. The van der Waals surface area contributed by atoms with E-state index in [1.807, 2.05) is 35.2 Å². The highest BCUT2D eigenvalue weighted by Crippen LogP contribution is 2.64. The monoisotopic (exact) mass is 458 g/mol. The van der Waals surface area contributed by atoms with Crippen LogP contribution < -0.4 is 4.90 Å². The molecule has 5 aliphatic rings. The Hall–Kier alpha value is -2.19. The van der Waals surface area contributed by atoms with E-state index in [4.69, 9.17) is 4.74 Å². The van der Waals surface area contributed by atoms with Crippen molar-refractivity contribution < 1.29 is 24.2 Å². The molecule has 1 spiro atoms. The maximum atomic E-state index is 13.6. The van der Waals surface area contributed by atoms with Crippen molar-refractivity contribution in [2.75, 3.05) is 11.4 Å². The van der Waals surface area contributed by atoms with Crippen LogP contribution in [0.1, 0.15) is 30.9 Å². The van der Waals surface area contributed by atoms with Crippen molar-refractivity contribution in [1.29, 1.82) is 0 Å². The van der Waals surface area contributed by atoms with Crippen LogP contribution in [0.5, 0.6) is 0 Å². The van der Waals surface area contributed by atoms with Crippen LogP contribution in [-0.2, 0) is 19.1 Å². The summed E-state index contributed by atoms with van der Waals surface area (Å²) in [5.41, 5.74) is 0.705. The van der Waals surface area contributed by atoms with Gasteiger partial charge in [-0.3, -0.25) is 14.4 Å². The number of para-hydroxylation sites is 1. The Bertz CT molecular complexity index is 1010. The van der Waals surface area contributed by atoms with E-state index in [0.717, 1.165) is 17.7 Å². The van der Waals surface area contributed by atoms with E-state index in [1.165, 1.54) is 0 Å². The van der Waals surface area contributed by atoms with Gasteiger partial charge >= 0.3 is 5.97 Å². The highest BCUT2D eigenvalue weighted by atomic mass is 79.9. The van der Waals surface area contributed by atoms with E-state index >= 15 is 0 Å². The fraction of sp³-hybridized carbons (Fsp3) is 0.476. The van der Waals surface area contributed by atoms with Crippen LogP contribution in [0.15, 0.2) is 36.4 Å². The van der Waals surface area contributed by atoms with E-state index in [2.05, 4.69) is 15.9 Å². The predicted molar refractivity (Wildman–Crippen MR) is 105 cm³/mol. The van der Waals surface area contributed by atoms with Crippen molar-refractivity contribution in [3.63, 3.8) is 0 Å². The maximum Gasteiger partial charge on any atom is 0.311 e. The quantitative estimate of drug-likeness (QED) is 0.542. The minimum atomic E-state index is -1.17. The van der Waals surface area contributed by atoms with Gasteiger partial charge in [0.1, 0.15) is 11.5 Å². The topological polar surface area (TPSA) is 87.2 Å². The number of ether oxygens (including phenoxy) is 1. The second kappa shape index (κ2) is 5.49. The van der Waals surface area contributed by atoms with Gasteiger partial charge in [-0.2, -0.15) is 0 Å². The van der Waals surface area contributed by atoms with E-state index in [1.54, 1.807) is 11.0 Å². The Morgan fingerprint density at radius 1 is 1.24 bits per heavy atom. The lowest BCUT2D eigenvalue weighted by atomic mass is 9.73. The van der Waals surface area contributed by atoms with Crippen LogP contribution in [0.2, 0.25) is 0 Å². The molecule has 29 heavy (non-hydrogen) atoms. The number of carboxylic acids is 1. The van der Waals surface area contributed by atoms with Gasteiger partial charge in [0, 0.05) is 18.7 Å². The number of nitrogens with zero attached hydrogens (tertiary/aromatic N) is 2. The molecule has 6 rings (SSSR count). The molecule has 1 aromatic carbocycles. The zero-order valence-electron chi connectivity index (χ0n) is 15.5. The molecular formula is C21H19BrN2O5. The number of alkyl halides is 1. The van der Waals surface area contributed by atoms with Crippen molar-refractivity contribution in [2.45, 2.75) is 41.5 Å². The molecular weight excluding hydrogens is 440 g/mol. The van der Waals surface area contributed by atoms with Gasteiger partial charge in [0.2, 0.25) is 11.8 Å². The molecule has 3 fully saturated rings. The van der Waals surface area contributed by atoms with Gasteiger partial charge in [-0.05, 0) is 46.5 Å².